The van der Waals surface area contributed by atoms with Gasteiger partial charge < -0.3 is 15.4 Å². The van der Waals surface area contributed by atoms with E-state index in [1.165, 1.54) is 19.4 Å². The number of nitrogens with two attached hydrogens (primary N) is 1. The molecular weight excluding hydrogens is 264 g/mol. The molecule has 2 fully saturated rings. The lowest BCUT2D eigenvalue weighted by atomic mass is 10.1. The smallest absolute Gasteiger partial charge is 0.239 e. The third-order valence-corrected chi connectivity index (χ3v) is 4.19. The number of hydrogen-bond donors (Lipinski definition) is 1. The quantitative estimate of drug-likeness (QED) is 0.904. The van der Waals surface area contributed by atoms with E-state index < -0.39 is 0 Å². The van der Waals surface area contributed by atoms with Crippen molar-refractivity contribution in [1.29, 1.82) is 0 Å². The van der Waals surface area contributed by atoms with Crippen molar-refractivity contribution in [3.8, 4) is 5.88 Å². The summed E-state index contributed by atoms with van der Waals surface area (Å²) in [6.07, 6.45) is 2.63. The monoisotopic (exact) mass is 290 g/mol. The van der Waals surface area contributed by atoms with E-state index in [-0.39, 0.29) is 5.60 Å². The molecule has 2 saturated heterocycles. The minimum absolute atomic E-state index is 0.288. The molecule has 2 N–H and O–H groups in total. The van der Waals surface area contributed by atoms with Gasteiger partial charge >= 0.3 is 0 Å². The molecule has 1 unspecified atom stereocenters. The summed E-state index contributed by atoms with van der Waals surface area (Å²) < 4.78 is 5.88. The van der Waals surface area contributed by atoms with Gasteiger partial charge in [-0.3, -0.25) is 4.90 Å². The number of aromatic nitrogens is 1. The molecule has 1 aromatic heterocycles. The maximum absolute atomic E-state index is 6.00. The number of ether oxygens (including phenoxy) is 1. The number of nitrogen functional groups attached to an aromatic ring is 1. The van der Waals surface area contributed by atoms with Gasteiger partial charge in [-0.1, -0.05) is 0 Å². The lowest BCUT2D eigenvalue weighted by molar-refractivity contribution is 0.125. The molecule has 0 bridgehead atoms. The molecule has 0 aliphatic carbocycles. The Morgan fingerprint density at radius 3 is 2.81 bits per heavy atom. The summed E-state index contributed by atoms with van der Waals surface area (Å²) in [6.45, 7) is 10.5. The molecule has 0 radical (unpaired) electrons. The highest BCUT2D eigenvalue weighted by Gasteiger charge is 2.31. The molecule has 0 aromatic carbocycles. The van der Waals surface area contributed by atoms with Gasteiger partial charge in [0.05, 0.1) is 5.69 Å². The van der Waals surface area contributed by atoms with Crippen LogP contribution >= 0.6 is 0 Å². The van der Waals surface area contributed by atoms with Crippen LogP contribution < -0.4 is 15.4 Å². The number of piperazine rings is 1. The summed E-state index contributed by atoms with van der Waals surface area (Å²) in [5, 5.41) is 0. The van der Waals surface area contributed by atoms with E-state index >= 15 is 0 Å². The zero-order valence-electron chi connectivity index (χ0n) is 13.3. The molecule has 116 valence electrons. The van der Waals surface area contributed by atoms with Crippen molar-refractivity contribution in [2.24, 2.45) is 0 Å². The van der Waals surface area contributed by atoms with Crippen LogP contribution in [0.4, 0.5) is 11.5 Å². The topological polar surface area (TPSA) is 54.6 Å². The average Bonchev–Trinajstić information content (AvgIpc) is 2.87. The van der Waals surface area contributed by atoms with E-state index in [4.69, 9.17) is 10.5 Å². The first-order chi connectivity index (χ1) is 9.92. The van der Waals surface area contributed by atoms with Crippen LogP contribution in [0.2, 0.25) is 0 Å². The van der Waals surface area contributed by atoms with E-state index in [0.29, 0.717) is 17.6 Å². The van der Waals surface area contributed by atoms with Gasteiger partial charge in [0.2, 0.25) is 5.88 Å². The summed E-state index contributed by atoms with van der Waals surface area (Å²) in [7, 11) is 0. The number of hydrogen-bond acceptors (Lipinski definition) is 5. The molecule has 1 atom stereocenters. The van der Waals surface area contributed by atoms with Gasteiger partial charge in [0.25, 0.3) is 0 Å². The van der Waals surface area contributed by atoms with E-state index in [2.05, 4.69) is 14.8 Å². The lowest BCUT2D eigenvalue weighted by Crippen LogP contribution is -2.50. The Kier molecular flexibility index (Phi) is 3.69. The minimum Gasteiger partial charge on any atom is -0.470 e. The van der Waals surface area contributed by atoms with Gasteiger partial charge in [-0.2, -0.15) is 4.98 Å². The fourth-order valence-corrected chi connectivity index (χ4v) is 3.19. The van der Waals surface area contributed by atoms with Crippen molar-refractivity contribution < 1.29 is 4.74 Å². The predicted octanol–water partition coefficient (Wildman–Crippen LogP) is 2.13. The molecule has 0 spiro atoms. The largest absolute Gasteiger partial charge is 0.470 e. The predicted molar refractivity (Wildman–Crippen MR) is 85.8 cm³/mol. The zero-order chi connectivity index (χ0) is 15.0. The molecule has 0 saturated carbocycles. The van der Waals surface area contributed by atoms with E-state index in [9.17, 15) is 0 Å². The van der Waals surface area contributed by atoms with Crippen molar-refractivity contribution >= 4 is 11.5 Å². The van der Waals surface area contributed by atoms with Crippen molar-refractivity contribution in [2.75, 3.05) is 36.8 Å². The Bertz CT molecular complexity index is 511. The van der Waals surface area contributed by atoms with Crippen LogP contribution in [0.5, 0.6) is 5.88 Å². The van der Waals surface area contributed by atoms with Crippen molar-refractivity contribution in [3.05, 3.63) is 12.1 Å². The fraction of sp³-hybridized carbons (Fsp3) is 0.688. The molecular formula is C16H26N4O. The van der Waals surface area contributed by atoms with Gasteiger partial charge in [0, 0.05) is 25.7 Å². The SMILES string of the molecule is CC(C)(C)Oc1nc(N2CCN3CCCC3C2)ccc1N. The fourth-order valence-electron chi connectivity index (χ4n) is 3.19. The maximum atomic E-state index is 6.00. The molecule has 5 heteroatoms. The summed E-state index contributed by atoms with van der Waals surface area (Å²) in [4.78, 5) is 9.62. The number of nitrogens with zero attached hydrogens (tertiary/aromatic N) is 3. The molecule has 3 rings (SSSR count). The molecule has 5 nitrogen and oxygen atoms in total. The molecule has 3 heterocycles. The first-order valence-electron chi connectivity index (χ1n) is 7.87. The number of pyridine rings is 1. The Labute approximate surface area is 127 Å². The Morgan fingerprint density at radius 2 is 2.05 bits per heavy atom. The van der Waals surface area contributed by atoms with E-state index in [0.717, 1.165) is 25.5 Å². The Morgan fingerprint density at radius 1 is 1.24 bits per heavy atom. The molecule has 0 amide bonds. The number of rotatable bonds is 2. The van der Waals surface area contributed by atoms with Gasteiger partial charge in [0.15, 0.2) is 0 Å². The Hall–Kier alpha value is -1.49. The first-order valence-corrected chi connectivity index (χ1v) is 7.87. The highest BCUT2D eigenvalue weighted by molar-refractivity contribution is 5.55. The van der Waals surface area contributed by atoms with Crippen LogP contribution in [0, 0.1) is 0 Å². The van der Waals surface area contributed by atoms with Crippen LogP contribution in [-0.2, 0) is 0 Å². The third kappa shape index (κ3) is 3.23. The van der Waals surface area contributed by atoms with Gasteiger partial charge in [-0.15, -0.1) is 0 Å². The van der Waals surface area contributed by atoms with Crippen molar-refractivity contribution in [2.45, 2.75) is 45.3 Å². The second-order valence-electron chi connectivity index (χ2n) is 7.06. The highest BCUT2D eigenvalue weighted by atomic mass is 16.5. The van der Waals surface area contributed by atoms with Crippen LogP contribution in [0.15, 0.2) is 12.1 Å². The second-order valence-corrected chi connectivity index (χ2v) is 7.06. The van der Waals surface area contributed by atoms with Crippen molar-refractivity contribution in [3.63, 3.8) is 0 Å². The van der Waals surface area contributed by atoms with Crippen LogP contribution in [0.25, 0.3) is 0 Å². The summed E-state index contributed by atoms with van der Waals surface area (Å²) >= 11 is 0. The van der Waals surface area contributed by atoms with Gasteiger partial charge in [-0.05, 0) is 52.3 Å². The zero-order valence-corrected chi connectivity index (χ0v) is 13.3. The molecule has 1 aromatic rings. The molecule has 2 aliphatic heterocycles. The average molecular weight is 290 g/mol. The lowest BCUT2D eigenvalue weighted by Gasteiger charge is -2.38. The van der Waals surface area contributed by atoms with Crippen molar-refractivity contribution in [1.82, 2.24) is 9.88 Å². The van der Waals surface area contributed by atoms with Crippen LogP contribution in [0.1, 0.15) is 33.6 Å². The van der Waals surface area contributed by atoms with Gasteiger partial charge in [0.1, 0.15) is 11.4 Å². The van der Waals surface area contributed by atoms with E-state index in [1.54, 1.807) is 0 Å². The normalized spacial score (nSPS) is 23.2. The standard InChI is InChI=1S/C16H26N4O/c1-16(2,3)21-15-13(17)6-7-14(18-15)20-10-9-19-8-4-5-12(19)11-20/h6-7,12H,4-5,8-11,17H2,1-3H3. The summed E-state index contributed by atoms with van der Waals surface area (Å²) in [6, 6.07) is 4.60. The second kappa shape index (κ2) is 5.37. The minimum atomic E-state index is -0.288. The molecule has 2 aliphatic rings. The number of anilines is 2. The highest BCUT2D eigenvalue weighted by Crippen LogP contribution is 2.29. The van der Waals surface area contributed by atoms with Gasteiger partial charge in [-0.25, -0.2) is 0 Å². The Balaban J connectivity index is 1.77. The third-order valence-electron chi connectivity index (χ3n) is 4.19. The van der Waals surface area contributed by atoms with E-state index in [1.807, 2.05) is 32.9 Å². The first kappa shape index (κ1) is 14.4. The summed E-state index contributed by atoms with van der Waals surface area (Å²) in [5.74, 6) is 1.53. The summed E-state index contributed by atoms with van der Waals surface area (Å²) in [5.41, 5.74) is 6.31. The molecule has 21 heavy (non-hydrogen) atoms. The number of fused-ring (bicyclic) bond motifs is 1. The maximum Gasteiger partial charge on any atom is 0.239 e. The van der Waals surface area contributed by atoms with Crippen LogP contribution in [-0.4, -0.2) is 47.7 Å². The van der Waals surface area contributed by atoms with Crippen LogP contribution in [0.3, 0.4) is 0 Å².